The minimum atomic E-state index is 1.18. The third-order valence-corrected chi connectivity index (χ3v) is 3.30. The quantitative estimate of drug-likeness (QED) is 0.503. The zero-order valence-electron chi connectivity index (χ0n) is 3.98. The molecule has 0 aliphatic heterocycles. The molecule has 1 saturated carbocycles. The molecule has 0 aromatic heterocycles. The van der Waals surface area contributed by atoms with Gasteiger partial charge in [0.1, 0.15) is 0 Å². The fourth-order valence-corrected chi connectivity index (χ4v) is 2.30. The molecule has 1 fully saturated rings. The van der Waals surface area contributed by atoms with Gasteiger partial charge in [0.25, 0.3) is 0 Å². The Balaban J connectivity index is 2.18. The van der Waals surface area contributed by atoms with Crippen molar-refractivity contribution in [3.63, 3.8) is 0 Å². The molecule has 0 atom stereocenters. The normalized spacial score (nSPS) is 25.5. The van der Waals surface area contributed by atoms with Gasteiger partial charge in [-0.1, -0.05) is 0 Å². The zero-order valence-corrected chi connectivity index (χ0v) is 7.28. The van der Waals surface area contributed by atoms with E-state index in [2.05, 4.69) is 0 Å². The monoisotopic (exact) mass is 192 g/mol. The van der Waals surface area contributed by atoms with E-state index in [1.54, 1.807) is 12.8 Å². The molecular formula is C5H11Sb. The summed E-state index contributed by atoms with van der Waals surface area (Å²) in [5.74, 6) is 0. The van der Waals surface area contributed by atoms with Crippen molar-refractivity contribution in [1.29, 1.82) is 0 Å². The van der Waals surface area contributed by atoms with Crippen molar-refractivity contribution in [2.24, 2.45) is 0 Å². The van der Waals surface area contributed by atoms with E-state index in [4.69, 9.17) is 0 Å². The molecule has 6 heavy (non-hydrogen) atoms. The number of rotatable bonds is 0. The Morgan fingerprint density at radius 1 is 1.17 bits per heavy atom. The van der Waals surface area contributed by atoms with Gasteiger partial charge >= 0.3 is 52.6 Å². The molecule has 36 valence electrons. The van der Waals surface area contributed by atoms with Crippen molar-refractivity contribution in [3.05, 3.63) is 0 Å². The van der Waals surface area contributed by atoms with Gasteiger partial charge in [0.05, 0.1) is 0 Å². The Kier molecular flexibility index (Phi) is 1.83. The van der Waals surface area contributed by atoms with Crippen LogP contribution in [0.15, 0.2) is 0 Å². The van der Waals surface area contributed by atoms with Gasteiger partial charge in [-0.05, 0) is 0 Å². The topological polar surface area (TPSA) is 0 Å². The van der Waals surface area contributed by atoms with E-state index in [1.807, 2.05) is 0 Å². The second-order valence-corrected chi connectivity index (χ2v) is 4.74. The average Bonchev–Trinajstić information content (AvgIpc) is 1.86. The van der Waals surface area contributed by atoms with Crippen LogP contribution in [0.5, 0.6) is 0 Å². The van der Waals surface area contributed by atoms with Crippen LogP contribution in [0, 0.1) is 0 Å². The Morgan fingerprint density at radius 3 is 1.83 bits per heavy atom. The number of hydrogen-bond donors (Lipinski definition) is 0. The van der Waals surface area contributed by atoms with Crippen LogP contribution in [0.1, 0.15) is 25.7 Å². The standard InChI is InChI=1S/C5H9.Sb.2H/c1-2-4-5-3-1;;;/h1H,2-5H2;;;. The van der Waals surface area contributed by atoms with Gasteiger partial charge < -0.3 is 0 Å². The fraction of sp³-hybridized carbons (Fsp3) is 1.00. The first-order chi connectivity index (χ1) is 2.89. The molecule has 1 heteroatoms. The third-order valence-electron chi connectivity index (χ3n) is 1.40. The summed E-state index contributed by atoms with van der Waals surface area (Å²) in [5, 5.41) is 0. The van der Waals surface area contributed by atoms with Crippen molar-refractivity contribution >= 4 is 23.0 Å². The van der Waals surface area contributed by atoms with E-state index >= 15 is 0 Å². The molecule has 0 saturated heterocycles. The molecule has 0 N–H and O–H groups in total. The van der Waals surface area contributed by atoms with E-state index in [0.717, 1.165) is 0 Å². The van der Waals surface area contributed by atoms with Crippen molar-refractivity contribution < 1.29 is 0 Å². The Labute approximate surface area is 52.8 Å². The van der Waals surface area contributed by atoms with Crippen LogP contribution in [0.4, 0.5) is 0 Å². The van der Waals surface area contributed by atoms with Gasteiger partial charge in [0.2, 0.25) is 0 Å². The van der Waals surface area contributed by atoms with Gasteiger partial charge in [-0.25, -0.2) is 0 Å². The fourth-order valence-electron chi connectivity index (χ4n) is 0.957. The first-order valence-electron chi connectivity index (χ1n) is 2.65. The molecule has 0 aromatic carbocycles. The first kappa shape index (κ1) is 4.96. The zero-order chi connectivity index (χ0) is 4.41. The second-order valence-electron chi connectivity index (χ2n) is 2.04. The van der Waals surface area contributed by atoms with Crippen molar-refractivity contribution in [1.82, 2.24) is 0 Å². The summed E-state index contributed by atoms with van der Waals surface area (Å²) in [6.07, 6.45) is 6.13. The number of hydrogen-bond acceptors (Lipinski definition) is 0. The van der Waals surface area contributed by atoms with Gasteiger partial charge in [-0.2, -0.15) is 0 Å². The minimum absolute atomic E-state index is 1.18. The van der Waals surface area contributed by atoms with E-state index in [9.17, 15) is 0 Å². The second kappa shape index (κ2) is 2.21. The third kappa shape index (κ3) is 1.15. The summed E-state index contributed by atoms with van der Waals surface area (Å²) in [4.78, 5) is 0. The van der Waals surface area contributed by atoms with Crippen LogP contribution >= 0.6 is 0 Å². The maximum atomic E-state index is 1.54. The predicted molar refractivity (Wildman–Crippen MR) is 30.8 cm³/mol. The summed E-state index contributed by atoms with van der Waals surface area (Å²) in [6, 6.07) is 0. The summed E-state index contributed by atoms with van der Waals surface area (Å²) in [7, 11) is 0. The van der Waals surface area contributed by atoms with Crippen molar-refractivity contribution in [2.75, 3.05) is 0 Å². The average molecular weight is 193 g/mol. The summed E-state index contributed by atoms with van der Waals surface area (Å²) in [5.41, 5.74) is 0. The maximum absolute atomic E-state index is 1.54. The molecule has 0 heterocycles. The molecule has 1 aliphatic carbocycles. The van der Waals surface area contributed by atoms with Gasteiger partial charge in [0, 0.05) is 0 Å². The van der Waals surface area contributed by atoms with Crippen LogP contribution in [0.25, 0.3) is 0 Å². The molecule has 1 aliphatic rings. The summed E-state index contributed by atoms with van der Waals surface area (Å²) in [6.45, 7) is 0. The van der Waals surface area contributed by atoms with Crippen molar-refractivity contribution in [3.8, 4) is 0 Å². The van der Waals surface area contributed by atoms with Crippen LogP contribution in [0.3, 0.4) is 0 Å². The van der Waals surface area contributed by atoms with E-state index in [0.29, 0.717) is 0 Å². The van der Waals surface area contributed by atoms with Crippen LogP contribution in [0.2, 0.25) is 3.86 Å². The molecule has 0 aromatic rings. The molecular weight excluding hydrogens is 182 g/mol. The summed E-state index contributed by atoms with van der Waals surface area (Å²) < 4.78 is 1.18. The Hall–Kier alpha value is 0.818. The molecule has 0 unspecified atom stereocenters. The van der Waals surface area contributed by atoms with E-state index in [1.165, 1.54) is 39.7 Å². The van der Waals surface area contributed by atoms with Crippen molar-refractivity contribution in [2.45, 2.75) is 29.5 Å². The van der Waals surface area contributed by atoms with Crippen LogP contribution < -0.4 is 0 Å². The van der Waals surface area contributed by atoms with E-state index < -0.39 is 0 Å². The van der Waals surface area contributed by atoms with Gasteiger partial charge in [-0.15, -0.1) is 0 Å². The predicted octanol–water partition coefficient (Wildman–Crippen LogP) is 0.982. The Morgan fingerprint density at radius 2 is 1.67 bits per heavy atom. The van der Waals surface area contributed by atoms with E-state index in [-0.39, 0.29) is 0 Å². The summed E-state index contributed by atoms with van der Waals surface area (Å²) >= 11 is 1.51. The van der Waals surface area contributed by atoms with Crippen LogP contribution in [-0.2, 0) is 0 Å². The molecule has 0 amide bonds. The van der Waals surface area contributed by atoms with Gasteiger partial charge in [0.15, 0.2) is 0 Å². The molecule has 0 bridgehead atoms. The van der Waals surface area contributed by atoms with Crippen LogP contribution in [-0.4, -0.2) is 23.0 Å². The van der Waals surface area contributed by atoms with Gasteiger partial charge in [-0.3, -0.25) is 0 Å². The molecule has 1 rings (SSSR count). The molecule has 0 nitrogen and oxygen atoms in total. The SMILES string of the molecule is [SbH2][CH]1CCCC1. The molecule has 0 spiro atoms. The first-order valence-corrected chi connectivity index (χ1v) is 4.55. The Bertz CT molecular complexity index is 37.2. The molecule has 0 radical (unpaired) electrons.